The van der Waals surface area contributed by atoms with Gasteiger partial charge in [-0.3, -0.25) is 9.59 Å². The fourth-order valence-electron chi connectivity index (χ4n) is 3.20. The van der Waals surface area contributed by atoms with Gasteiger partial charge >= 0.3 is 5.97 Å². The van der Waals surface area contributed by atoms with Gasteiger partial charge in [-0.1, -0.05) is 6.58 Å². The standard InChI is InChI=1S/C21H19FN2O4/c1-3-19(25)23-16-6-4-13(5-7-16)20(26)24-9-8-17-14(12-24)10-15(22)11-18(17)21(27)28-2/h3-7,10-11H,1,8-9,12H2,2H3,(H,23,25). The van der Waals surface area contributed by atoms with Crippen molar-refractivity contribution in [1.29, 1.82) is 0 Å². The normalized spacial score (nSPS) is 12.7. The Morgan fingerprint density at radius 1 is 1.21 bits per heavy atom. The van der Waals surface area contributed by atoms with Crippen molar-refractivity contribution in [3.63, 3.8) is 0 Å². The molecule has 1 aliphatic rings. The van der Waals surface area contributed by atoms with E-state index < -0.39 is 11.8 Å². The summed E-state index contributed by atoms with van der Waals surface area (Å²) in [6.07, 6.45) is 1.59. The topological polar surface area (TPSA) is 75.7 Å². The van der Waals surface area contributed by atoms with Crippen LogP contribution in [0.4, 0.5) is 10.1 Å². The molecular weight excluding hydrogens is 363 g/mol. The maximum atomic E-state index is 13.9. The van der Waals surface area contributed by atoms with E-state index in [0.29, 0.717) is 35.3 Å². The SMILES string of the molecule is C=CC(=O)Nc1ccc(C(=O)N2CCc3c(cc(F)cc3C(=O)OC)C2)cc1. The number of halogens is 1. The highest BCUT2D eigenvalue weighted by Crippen LogP contribution is 2.26. The average Bonchev–Trinajstić information content (AvgIpc) is 2.71. The number of esters is 1. The minimum absolute atomic E-state index is 0.199. The van der Waals surface area contributed by atoms with Gasteiger partial charge in [0.15, 0.2) is 0 Å². The lowest BCUT2D eigenvalue weighted by molar-refractivity contribution is -0.111. The zero-order valence-corrected chi connectivity index (χ0v) is 15.3. The maximum absolute atomic E-state index is 13.9. The molecule has 28 heavy (non-hydrogen) atoms. The molecule has 2 aromatic carbocycles. The number of anilines is 1. The number of amides is 2. The Labute approximate surface area is 161 Å². The molecule has 0 saturated carbocycles. The van der Waals surface area contributed by atoms with Gasteiger partial charge < -0.3 is 15.0 Å². The Bertz CT molecular complexity index is 954. The highest BCUT2D eigenvalue weighted by Gasteiger charge is 2.26. The smallest absolute Gasteiger partial charge is 0.338 e. The first-order chi connectivity index (χ1) is 13.4. The molecule has 2 amide bonds. The van der Waals surface area contributed by atoms with Crippen LogP contribution in [-0.2, 0) is 22.5 Å². The first-order valence-electron chi connectivity index (χ1n) is 8.65. The first kappa shape index (κ1) is 19.3. The summed E-state index contributed by atoms with van der Waals surface area (Å²) < 4.78 is 18.7. The van der Waals surface area contributed by atoms with Gasteiger partial charge in [-0.15, -0.1) is 0 Å². The van der Waals surface area contributed by atoms with Crippen LogP contribution in [0.3, 0.4) is 0 Å². The maximum Gasteiger partial charge on any atom is 0.338 e. The van der Waals surface area contributed by atoms with E-state index >= 15 is 0 Å². The number of methoxy groups -OCH3 is 1. The highest BCUT2D eigenvalue weighted by molar-refractivity contribution is 6.00. The molecule has 7 heteroatoms. The van der Waals surface area contributed by atoms with Crippen molar-refractivity contribution in [3.8, 4) is 0 Å². The lowest BCUT2D eigenvalue weighted by Gasteiger charge is -2.30. The second kappa shape index (κ2) is 8.04. The number of rotatable bonds is 4. The van der Waals surface area contributed by atoms with Gasteiger partial charge in [0, 0.05) is 24.3 Å². The van der Waals surface area contributed by atoms with Crippen LogP contribution in [0, 0.1) is 5.82 Å². The molecule has 0 aliphatic carbocycles. The lowest BCUT2D eigenvalue weighted by atomic mass is 9.93. The van der Waals surface area contributed by atoms with Gasteiger partial charge in [0.1, 0.15) is 5.82 Å². The summed E-state index contributed by atoms with van der Waals surface area (Å²) in [5.41, 5.74) is 2.50. The van der Waals surface area contributed by atoms with Gasteiger partial charge in [-0.2, -0.15) is 0 Å². The zero-order valence-electron chi connectivity index (χ0n) is 15.3. The molecule has 2 aromatic rings. The minimum Gasteiger partial charge on any atom is -0.465 e. The van der Waals surface area contributed by atoms with Crippen LogP contribution in [0.15, 0.2) is 49.1 Å². The Morgan fingerprint density at radius 3 is 2.57 bits per heavy atom. The Hall–Kier alpha value is -3.48. The van der Waals surface area contributed by atoms with Crippen molar-refractivity contribution in [2.24, 2.45) is 0 Å². The van der Waals surface area contributed by atoms with E-state index in [9.17, 15) is 18.8 Å². The zero-order chi connectivity index (χ0) is 20.3. The van der Waals surface area contributed by atoms with Gasteiger partial charge in [-0.25, -0.2) is 9.18 Å². The lowest BCUT2D eigenvalue weighted by Crippen LogP contribution is -2.36. The van der Waals surface area contributed by atoms with Crippen molar-refractivity contribution < 1.29 is 23.5 Å². The predicted molar refractivity (Wildman–Crippen MR) is 101 cm³/mol. The van der Waals surface area contributed by atoms with E-state index in [4.69, 9.17) is 4.74 Å². The number of nitrogens with zero attached hydrogens (tertiary/aromatic N) is 1. The van der Waals surface area contributed by atoms with Gasteiger partial charge in [0.25, 0.3) is 5.91 Å². The van der Waals surface area contributed by atoms with Gasteiger partial charge in [0.05, 0.1) is 12.7 Å². The van der Waals surface area contributed by atoms with E-state index in [1.807, 2.05) is 0 Å². The molecule has 0 fully saturated rings. The van der Waals surface area contributed by atoms with E-state index in [1.54, 1.807) is 29.2 Å². The quantitative estimate of drug-likeness (QED) is 0.652. The summed E-state index contributed by atoms with van der Waals surface area (Å²) in [5.74, 6) is -1.69. The van der Waals surface area contributed by atoms with Crippen LogP contribution in [0.25, 0.3) is 0 Å². The average molecular weight is 382 g/mol. The molecule has 1 N–H and O–H groups in total. The summed E-state index contributed by atoms with van der Waals surface area (Å²) in [6.45, 7) is 3.98. The van der Waals surface area contributed by atoms with Crippen molar-refractivity contribution in [2.75, 3.05) is 19.0 Å². The second-order valence-corrected chi connectivity index (χ2v) is 6.33. The number of benzene rings is 2. The molecule has 1 aliphatic heterocycles. The second-order valence-electron chi connectivity index (χ2n) is 6.33. The molecule has 0 unspecified atom stereocenters. The molecule has 1 heterocycles. The molecular formula is C21H19FN2O4. The summed E-state index contributed by atoms with van der Waals surface area (Å²) in [5, 5.41) is 2.61. The number of hydrogen-bond donors (Lipinski definition) is 1. The fourth-order valence-corrected chi connectivity index (χ4v) is 3.20. The molecule has 0 aromatic heterocycles. The van der Waals surface area contributed by atoms with Crippen LogP contribution >= 0.6 is 0 Å². The van der Waals surface area contributed by atoms with Gasteiger partial charge in [-0.05, 0) is 60.0 Å². The van der Waals surface area contributed by atoms with Crippen LogP contribution < -0.4 is 5.32 Å². The molecule has 0 saturated heterocycles. The van der Waals surface area contributed by atoms with Crippen LogP contribution in [0.2, 0.25) is 0 Å². The summed E-state index contributed by atoms with van der Waals surface area (Å²) in [6, 6.07) is 8.99. The number of carbonyl (C=O) groups excluding carboxylic acids is 3. The Kier molecular flexibility index (Phi) is 5.54. The molecule has 0 bridgehead atoms. The van der Waals surface area contributed by atoms with Crippen LogP contribution in [-0.4, -0.2) is 36.3 Å². The minimum atomic E-state index is -0.590. The highest BCUT2D eigenvalue weighted by atomic mass is 19.1. The molecule has 144 valence electrons. The third-order valence-electron chi connectivity index (χ3n) is 4.58. The third-order valence-corrected chi connectivity index (χ3v) is 4.58. The van der Waals surface area contributed by atoms with E-state index in [2.05, 4.69) is 11.9 Å². The van der Waals surface area contributed by atoms with Crippen LogP contribution in [0.1, 0.15) is 31.8 Å². The number of carbonyl (C=O) groups is 3. The predicted octanol–water partition coefficient (Wildman–Crippen LogP) is 2.94. The molecule has 3 rings (SSSR count). The van der Waals surface area contributed by atoms with E-state index in [1.165, 1.54) is 19.2 Å². The summed E-state index contributed by atoms with van der Waals surface area (Å²) >= 11 is 0. The Balaban J connectivity index is 1.79. The van der Waals surface area contributed by atoms with E-state index in [-0.39, 0.29) is 23.9 Å². The summed E-state index contributed by atoms with van der Waals surface area (Å²) in [4.78, 5) is 37.6. The molecule has 6 nitrogen and oxygen atoms in total. The Morgan fingerprint density at radius 2 is 1.93 bits per heavy atom. The summed E-state index contributed by atoms with van der Waals surface area (Å²) in [7, 11) is 1.25. The number of nitrogens with one attached hydrogen (secondary N) is 1. The molecule has 0 spiro atoms. The van der Waals surface area contributed by atoms with Gasteiger partial charge in [0.2, 0.25) is 5.91 Å². The molecule has 0 radical (unpaired) electrons. The van der Waals surface area contributed by atoms with E-state index in [0.717, 1.165) is 6.08 Å². The van der Waals surface area contributed by atoms with Crippen molar-refractivity contribution in [3.05, 3.63) is 77.1 Å². The fraction of sp³-hybridized carbons (Fsp3) is 0.190. The molecule has 0 atom stereocenters. The third kappa shape index (κ3) is 3.93. The van der Waals surface area contributed by atoms with Crippen molar-refractivity contribution in [2.45, 2.75) is 13.0 Å². The number of ether oxygens (including phenoxy) is 1. The number of fused-ring (bicyclic) bond motifs is 1. The van der Waals surface area contributed by atoms with Crippen molar-refractivity contribution in [1.82, 2.24) is 4.90 Å². The largest absolute Gasteiger partial charge is 0.465 e. The number of hydrogen-bond acceptors (Lipinski definition) is 4. The first-order valence-corrected chi connectivity index (χ1v) is 8.65. The van der Waals surface area contributed by atoms with Crippen LogP contribution in [0.5, 0.6) is 0 Å². The van der Waals surface area contributed by atoms with Crippen molar-refractivity contribution >= 4 is 23.5 Å². The monoisotopic (exact) mass is 382 g/mol.